The number of methoxy groups -OCH3 is 1. The Morgan fingerprint density at radius 2 is 0.820 bits per heavy atom. The van der Waals surface area contributed by atoms with E-state index in [-0.39, 0.29) is 33.0 Å². The maximum atomic E-state index is 12.5. The molecule has 326 valence electrons. The van der Waals surface area contributed by atoms with E-state index in [0.717, 1.165) is 22.3 Å². The molecule has 0 aliphatic carbocycles. The number of benzene rings is 4. The molecule has 2 saturated heterocycles. The fraction of sp³-hybridized carbons (Fsp3) is 0.426. The molecule has 61 heavy (non-hydrogen) atoms. The molecule has 0 saturated carbocycles. The Bertz CT molecular complexity index is 1920. The van der Waals surface area contributed by atoms with Gasteiger partial charge in [-0.2, -0.15) is 0 Å². The number of hydrogen-bond donors (Lipinski definition) is 0. The molecule has 2 fully saturated rings. The second-order valence-corrected chi connectivity index (χ2v) is 14.7. The monoisotopic (exact) mass is 842 g/mol. The van der Waals surface area contributed by atoms with Gasteiger partial charge in [-0.15, -0.1) is 0 Å². The average molecular weight is 843 g/mol. The van der Waals surface area contributed by atoms with Crippen LogP contribution in [-0.4, -0.2) is 99.6 Å². The van der Waals surface area contributed by atoms with Crippen LogP contribution < -0.4 is 0 Å². The minimum atomic E-state index is -1.31. The van der Waals surface area contributed by atoms with Crippen molar-refractivity contribution in [3.8, 4) is 0 Å². The lowest BCUT2D eigenvalue weighted by Crippen LogP contribution is -2.64. The first kappa shape index (κ1) is 45.5. The van der Waals surface area contributed by atoms with Crippen LogP contribution in [0.1, 0.15) is 43.0 Å². The standard InChI is InChI=1S/C47H54O14/c1-31(48)57-41-39(60-46(51-4)45(59-33(3)50)43(41)58-32(2)49)30-56-47-44(55-28-37-23-15-8-16-24-37)42(54-27-36-21-13-7-14-22-36)40(53-26-35-19-11-6-12-20-35)38(61-47)29-52-25-34-17-9-5-10-18-34/h5-24,38-47H,25-30H2,1-4H3/t38-,39-,40-,41-,42+,43+,44+,45-,46+,47-/m1/s1. The lowest BCUT2D eigenvalue weighted by Gasteiger charge is -2.47. The molecule has 2 aliphatic heterocycles. The van der Waals surface area contributed by atoms with E-state index in [0.29, 0.717) is 6.61 Å². The summed E-state index contributed by atoms with van der Waals surface area (Å²) in [6.07, 6.45) is -10.6. The summed E-state index contributed by atoms with van der Waals surface area (Å²) in [4.78, 5) is 37.1. The van der Waals surface area contributed by atoms with Crippen molar-refractivity contribution in [1.82, 2.24) is 0 Å². The Morgan fingerprint density at radius 1 is 0.426 bits per heavy atom. The lowest BCUT2D eigenvalue weighted by atomic mass is 9.97. The van der Waals surface area contributed by atoms with Gasteiger partial charge in [-0.3, -0.25) is 14.4 Å². The smallest absolute Gasteiger partial charge is 0.303 e. The average Bonchev–Trinajstić information content (AvgIpc) is 3.26. The molecule has 4 aromatic rings. The van der Waals surface area contributed by atoms with Gasteiger partial charge in [0.1, 0.15) is 30.5 Å². The number of rotatable bonds is 20. The molecule has 10 atom stereocenters. The zero-order chi connectivity index (χ0) is 43.0. The summed E-state index contributed by atoms with van der Waals surface area (Å²) in [5, 5.41) is 0. The normalized spacial score (nSPS) is 26.2. The summed E-state index contributed by atoms with van der Waals surface area (Å²) in [6.45, 7) is 4.30. The van der Waals surface area contributed by atoms with Crippen molar-refractivity contribution in [3.05, 3.63) is 144 Å². The highest BCUT2D eigenvalue weighted by Gasteiger charge is 2.54. The van der Waals surface area contributed by atoms with E-state index in [9.17, 15) is 14.4 Å². The molecule has 0 bridgehead atoms. The van der Waals surface area contributed by atoms with Crippen molar-refractivity contribution < 1.29 is 66.5 Å². The number of hydrogen-bond acceptors (Lipinski definition) is 14. The first-order valence-corrected chi connectivity index (χ1v) is 20.2. The van der Waals surface area contributed by atoms with E-state index in [1.54, 1.807) is 0 Å². The van der Waals surface area contributed by atoms with Gasteiger partial charge in [-0.1, -0.05) is 121 Å². The van der Waals surface area contributed by atoms with Crippen LogP contribution in [0.15, 0.2) is 121 Å². The lowest BCUT2D eigenvalue weighted by molar-refractivity contribution is -0.344. The second kappa shape index (κ2) is 23.3. The van der Waals surface area contributed by atoms with Gasteiger partial charge in [0.05, 0.1) is 39.6 Å². The fourth-order valence-electron chi connectivity index (χ4n) is 7.25. The van der Waals surface area contributed by atoms with Crippen LogP contribution in [0.4, 0.5) is 0 Å². The van der Waals surface area contributed by atoms with E-state index < -0.39 is 79.3 Å². The van der Waals surface area contributed by atoms with E-state index >= 15 is 0 Å². The molecule has 0 unspecified atom stereocenters. The molecule has 0 radical (unpaired) electrons. The summed E-state index contributed by atoms with van der Waals surface area (Å²) in [7, 11) is 1.35. The molecule has 4 aromatic carbocycles. The third-order valence-corrected chi connectivity index (χ3v) is 10.00. The molecule has 0 spiro atoms. The quantitative estimate of drug-likeness (QED) is 0.0771. The topological polar surface area (TPSA) is 153 Å². The number of esters is 3. The Hall–Kier alpha value is -5.03. The Labute approximate surface area is 356 Å². The predicted molar refractivity (Wildman–Crippen MR) is 218 cm³/mol. The van der Waals surface area contributed by atoms with Crippen molar-refractivity contribution in [2.24, 2.45) is 0 Å². The van der Waals surface area contributed by atoms with Gasteiger partial charge >= 0.3 is 17.9 Å². The first-order valence-electron chi connectivity index (χ1n) is 20.2. The molecule has 2 aliphatic rings. The van der Waals surface area contributed by atoms with Gasteiger partial charge in [-0.05, 0) is 22.3 Å². The summed E-state index contributed by atoms with van der Waals surface area (Å²) in [5.41, 5.74) is 3.74. The van der Waals surface area contributed by atoms with Crippen LogP contribution in [-0.2, 0) is 92.9 Å². The number of carbonyl (C=O) groups excluding carboxylic acids is 3. The Balaban J connectivity index is 1.35. The molecular formula is C47H54O14. The highest BCUT2D eigenvalue weighted by Crippen LogP contribution is 2.34. The number of carbonyl (C=O) groups is 3. The number of ether oxygens (including phenoxy) is 11. The molecule has 0 amide bonds. The van der Waals surface area contributed by atoms with Crippen molar-refractivity contribution in [3.63, 3.8) is 0 Å². The van der Waals surface area contributed by atoms with Crippen molar-refractivity contribution >= 4 is 17.9 Å². The van der Waals surface area contributed by atoms with Crippen molar-refractivity contribution in [2.75, 3.05) is 20.3 Å². The van der Waals surface area contributed by atoms with Crippen LogP contribution >= 0.6 is 0 Å². The molecule has 14 heteroatoms. The minimum Gasteiger partial charge on any atom is -0.456 e. The third kappa shape index (κ3) is 13.5. The van der Waals surface area contributed by atoms with Crippen LogP contribution in [0.3, 0.4) is 0 Å². The van der Waals surface area contributed by atoms with Gasteiger partial charge in [-0.25, -0.2) is 0 Å². The van der Waals surface area contributed by atoms with Gasteiger partial charge in [0.25, 0.3) is 0 Å². The largest absolute Gasteiger partial charge is 0.456 e. The van der Waals surface area contributed by atoms with Crippen LogP contribution in [0.5, 0.6) is 0 Å². The Morgan fingerprint density at radius 3 is 1.30 bits per heavy atom. The minimum absolute atomic E-state index is 0.0884. The van der Waals surface area contributed by atoms with Gasteiger partial charge in [0.15, 0.2) is 30.9 Å². The molecule has 6 rings (SSSR count). The van der Waals surface area contributed by atoms with Gasteiger partial charge in [0.2, 0.25) is 0 Å². The van der Waals surface area contributed by atoms with Crippen molar-refractivity contribution in [1.29, 1.82) is 0 Å². The third-order valence-electron chi connectivity index (χ3n) is 10.00. The van der Waals surface area contributed by atoms with E-state index in [1.165, 1.54) is 27.9 Å². The van der Waals surface area contributed by atoms with Crippen LogP contribution in [0, 0.1) is 0 Å². The van der Waals surface area contributed by atoms with Gasteiger partial charge in [0, 0.05) is 27.9 Å². The highest BCUT2D eigenvalue weighted by molar-refractivity contribution is 5.68. The second-order valence-electron chi connectivity index (χ2n) is 14.7. The molecule has 0 N–H and O–H groups in total. The van der Waals surface area contributed by atoms with Crippen LogP contribution in [0.2, 0.25) is 0 Å². The fourth-order valence-corrected chi connectivity index (χ4v) is 7.25. The highest BCUT2D eigenvalue weighted by atomic mass is 16.8. The predicted octanol–water partition coefficient (Wildman–Crippen LogP) is 5.87. The molecular weight excluding hydrogens is 789 g/mol. The van der Waals surface area contributed by atoms with E-state index in [2.05, 4.69) is 0 Å². The first-order chi connectivity index (χ1) is 29.7. The molecule has 14 nitrogen and oxygen atoms in total. The van der Waals surface area contributed by atoms with E-state index in [4.69, 9.17) is 52.1 Å². The maximum Gasteiger partial charge on any atom is 0.303 e. The summed E-state index contributed by atoms with van der Waals surface area (Å²) >= 11 is 0. The Kier molecular flexibility index (Phi) is 17.3. The zero-order valence-electron chi connectivity index (χ0n) is 34.8. The SMILES string of the molecule is CO[C@H]1O[C@H](CO[C@@H]2O[C@H](COCc3ccccc3)[C@@H](OCc3ccccc3)[C@H](OCc3ccccc3)[C@@H]2OCc2ccccc2)[C@@H](OC(C)=O)[C@H](OC(C)=O)[C@H]1OC(C)=O. The van der Waals surface area contributed by atoms with Gasteiger partial charge < -0.3 is 52.1 Å². The summed E-state index contributed by atoms with van der Waals surface area (Å²) in [5.74, 6) is -2.10. The summed E-state index contributed by atoms with van der Waals surface area (Å²) < 4.78 is 68.7. The molecule has 2 heterocycles. The van der Waals surface area contributed by atoms with Crippen molar-refractivity contribution in [2.45, 2.75) is 109 Å². The zero-order valence-corrected chi connectivity index (χ0v) is 34.8. The molecule has 0 aromatic heterocycles. The maximum absolute atomic E-state index is 12.5. The summed E-state index contributed by atoms with van der Waals surface area (Å²) in [6, 6.07) is 39.0. The van der Waals surface area contributed by atoms with E-state index in [1.807, 2.05) is 121 Å². The van der Waals surface area contributed by atoms with Crippen LogP contribution in [0.25, 0.3) is 0 Å².